The number of amides is 3. The Morgan fingerprint density at radius 2 is 1.78 bits per heavy atom. The van der Waals surface area contributed by atoms with Crippen LogP contribution in [0, 0.1) is 17.7 Å². The Bertz CT molecular complexity index is 1630. The molecule has 8 nitrogen and oxygen atoms in total. The molecule has 3 aliphatic rings. The first-order valence-corrected chi connectivity index (χ1v) is 12.0. The minimum atomic E-state index is -1.60. The molecule has 9 heteroatoms. The molecule has 1 spiro atoms. The lowest BCUT2D eigenvalue weighted by Crippen LogP contribution is -2.53. The predicted molar refractivity (Wildman–Crippen MR) is 133 cm³/mol. The topological polar surface area (TPSA) is 115 Å². The van der Waals surface area contributed by atoms with Crippen LogP contribution in [0.1, 0.15) is 11.1 Å². The Kier molecular flexibility index (Phi) is 4.41. The number of aromatic amines is 1. The minimum absolute atomic E-state index is 0.101. The summed E-state index contributed by atoms with van der Waals surface area (Å²) in [6, 6.07) is 16.9. The van der Waals surface area contributed by atoms with Crippen molar-refractivity contribution < 1.29 is 23.9 Å². The summed E-state index contributed by atoms with van der Waals surface area (Å²) >= 11 is 0. The highest BCUT2D eigenvalue weighted by atomic mass is 19.1. The van der Waals surface area contributed by atoms with Gasteiger partial charge in [0.15, 0.2) is 0 Å². The Labute approximate surface area is 210 Å². The summed E-state index contributed by atoms with van der Waals surface area (Å²) in [5.74, 6) is -3.76. The van der Waals surface area contributed by atoms with Gasteiger partial charge in [-0.2, -0.15) is 0 Å². The zero-order valence-electron chi connectivity index (χ0n) is 19.4. The number of fused-ring (bicyclic) bond motifs is 5. The van der Waals surface area contributed by atoms with Crippen molar-refractivity contribution in [3.8, 4) is 5.75 Å². The molecule has 0 radical (unpaired) electrons. The average Bonchev–Trinajstić information content (AvgIpc) is 3.59. The molecule has 0 aliphatic carbocycles. The quantitative estimate of drug-likeness (QED) is 0.326. The van der Waals surface area contributed by atoms with E-state index in [1.54, 1.807) is 54.7 Å². The Balaban J connectivity index is 1.39. The fraction of sp³-hybridized carbons (Fsp3) is 0.179. The molecule has 4 N–H and O–H groups in total. The summed E-state index contributed by atoms with van der Waals surface area (Å²) in [5, 5.41) is 16.9. The fourth-order valence-electron chi connectivity index (χ4n) is 6.35. The summed E-state index contributed by atoms with van der Waals surface area (Å²) in [5.41, 5.74) is 1.18. The summed E-state index contributed by atoms with van der Waals surface area (Å²) in [4.78, 5) is 45.8. The molecule has 4 heterocycles. The van der Waals surface area contributed by atoms with Gasteiger partial charge < -0.3 is 15.4 Å². The molecule has 0 bridgehead atoms. The van der Waals surface area contributed by atoms with Gasteiger partial charge in [-0.3, -0.25) is 19.7 Å². The lowest BCUT2D eigenvalue weighted by molar-refractivity contribution is -0.130. The Morgan fingerprint density at radius 3 is 2.59 bits per heavy atom. The summed E-state index contributed by atoms with van der Waals surface area (Å²) in [6.45, 7) is 0. The third-order valence-corrected chi connectivity index (χ3v) is 7.88. The maximum atomic E-state index is 14.4. The second-order valence-corrected chi connectivity index (χ2v) is 9.80. The molecule has 3 aliphatic heterocycles. The number of aromatic hydroxyl groups is 1. The van der Waals surface area contributed by atoms with E-state index in [1.165, 1.54) is 18.2 Å². The van der Waals surface area contributed by atoms with Gasteiger partial charge >= 0.3 is 0 Å². The van der Waals surface area contributed by atoms with E-state index in [0.717, 1.165) is 21.4 Å². The number of phenolic OH excluding ortho intramolecular Hbond substituents is 1. The summed E-state index contributed by atoms with van der Waals surface area (Å²) < 4.78 is 14.4. The van der Waals surface area contributed by atoms with Gasteiger partial charge in [-0.1, -0.05) is 18.2 Å². The standard InChI is InChI=1S/C28H21FN4O4/c29-15-6-8-21-19(11-15)28(27(37)31-21)24-23(25(35)33(26(24)36)16-4-2-1-3-5-16)22(32-28)10-14-13-30-20-9-7-17(34)12-18(14)20/h1-9,11-13,22-24,30,32,34H,10H2,(H,31,37). The van der Waals surface area contributed by atoms with E-state index in [0.29, 0.717) is 23.4 Å². The van der Waals surface area contributed by atoms with Gasteiger partial charge in [0.2, 0.25) is 17.7 Å². The second kappa shape index (κ2) is 7.50. The molecule has 3 amide bonds. The maximum absolute atomic E-state index is 14.4. The van der Waals surface area contributed by atoms with Crippen LogP contribution in [-0.4, -0.2) is 33.9 Å². The summed E-state index contributed by atoms with van der Waals surface area (Å²) in [7, 11) is 0. The highest BCUT2D eigenvalue weighted by Gasteiger charge is 2.70. The van der Waals surface area contributed by atoms with E-state index in [-0.39, 0.29) is 5.75 Å². The molecule has 4 unspecified atom stereocenters. The number of carbonyl (C=O) groups is 3. The molecular formula is C28H21FN4O4. The van der Waals surface area contributed by atoms with Gasteiger partial charge in [0.05, 0.1) is 17.5 Å². The highest BCUT2D eigenvalue weighted by Crippen LogP contribution is 2.54. The number of nitrogens with one attached hydrogen (secondary N) is 3. The molecule has 37 heavy (non-hydrogen) atoms. The van der Waals surface area contributed by atoms with Crippen LogP contribution in [-0.2, 0) is 26.3 Å². The molecule has 0 saturated carbocycles. The van der Waals surface area contributed by atoms with Crippen LogP contribution in [0.2, 0.25) is 0 Å². The van der Waals surface area contributed by atoms with E-state index in [2.05, 4.69) is 15.6 Å². The monoisotopic (exact) mass is 496 g/mol. The first kappa shape index (κ1) is 21.8. The molecular weight excluding hydrogens is 475 g/mol. The number of benzene rings is 3. The van der Waals surface area contributed by atoms with E-state index in [4.69, 9.17) is 0 Å². The second-order valence-electron chi connectivity index (χ2n) is 9.80. The number of nitrogens with zero attached hydrogens (tertiary/aromatic N) is 1. The minimum Gasteiger partial charge on any atom is -0.508 e. The number of hydrogen-bond donors (Lipinski definition) is 4. The largest absolute Gasteiger partial charge is 0.508 e. The van der Waals surface area contributed by atoms with Crippen LogP contribution in [0.15, 0.2) is 72.9 Å². The first-order chi connectivity index (χ1) is 17.9. The maximum Gasteiger partial charge on any atom is 0.250 e. The van der Waals surface area contributed by atoms with Crippen molar-refractivity contribution in [1.82, 2.24) is 10.3 Å². The number of aromatic nitrogens is 1. The molecule has 4 aromatic rings. The smallest absolute Gasteiger partial charge is 0.250 e. The van der Waals surface area contributed by atoms with Crippen LogP contribution in [0.4, 0.5) is 15.8 Å². The number of hydrogen-bond acceptors (Lipinski definition) is 5. The average molecular weight is 496 g/mol. The van der Waals surface area contributed by atoms with Crippen LogP contribution >= 0.6 is 0 Å². The number of phenols is 1. The Morgan fingerprint density at radius 1 is 0.973 bits per heavy atom. The van der Waals surface area contributed by atoms with Crippen molar-refractivity contribution in [1.29, 1.82) is 0 Å². The molecule has 2 fully saturated rings. The van der Waals surface area contributed by atoms with Crippen LogP contribution < -0.4 is 15.5 Å². The molecule has 184 valence electrons. The number of para-hydroxylation sites is 1. The number of rotatable bonds is 3. The van der Waals surface area contributed by atoms with Crippen LogP contribution in [0.5, 0.6) is 5.75 Å². The predicted octanol–water partition coefficient (Wildman–Crippen LogP) is 3.18. The van der Waals surface area contributed by atoms with E-state index >= 15 is 0 Å². The van der Waals surface area contributed by atoms with Crippen molar-refractivity contribution in [3.63, 3.8) is 0 Å². The molecule has 2 saturated heterocycles. The lowest BCUT2D eigenvalue weighted by Gasteiger charge is -2.29. The fourth-order valence-corrected chi connectivity index (χ4v) is 6.35. The first-order valence-electron chi connectivity index (χ1n) is 12.0. The van der Waals surface area contributed by atoms with Crippen molar-refractivity contribution >= 4 is 40.0 Å². The molecule has 3 aromatic carbocycles. The van der Waals surface area contributed by atoms with Gasteiger partial charge in [-0.05, 0) is 60.5 Å². The van der Waals surface area contributed by atoms with Crippen LogP contribution in [0.25, 0.3) is 10.9 Å². The van der Waals surface area contributed by atoms with Gasteiger partial charge in [-0.15, -0.1) is 0 Å². The van der Waals surface area contributed by atoms with E-state index in [1.807, 2.05) is 0 Å². The highest BCUT2D eigenvalue weighted by molar-refractivity contribution is 6.25. The van der Waals surface area contributed by atoms with E-state index < -0.39 is 47.0 Å². The third-order valence-electron chi connectivity index (χ3n) is 7.88. The van der Waals surface area contributed by atoms with Crippen molar-refractivity contribution in [2.45, 2.75) is 18.0 Å². The number of H-pyrrole nitrogens is 1. The zero-order valence-corrected chi connectivity index (χ0v) is 19.4. The summed E-state index contributed by atoms with van der Waals surface area (Å²) in [6.07, 6.45) is 2.09. The third kappa shape index (κ3) is 2.88. The number of halogens is 1. The normalized spacial score (nSPS) is 26.2. The number of imide groups is 1. The molecule has 4 atom stereocenters. The SMILES string of the molecule is O=C1C2C(Cc3c[nH]c4ccc(O)cc34)NC3(C(=O)Nc4ccc(F)cc43)C2C(=O)N1c1ccccc1. The number of anilines is 2. The van der Waals surface area contributed by atoms with Gasteiger partial charge in [0.1, 0.15) is 17.1 Å². The van der Waals surface area contributed by atoms with Crippen molar-refractivity contribution in [3.05, 3.63) is 89.9 Å². The molecule has 1 aromatic heterocycles. The van der Waals surface area contributed by atoms with Crippen molar-refractivity contribution in [2.24, 2.45) is 11.8 Å². The molecule has 7 rings (SSSR count). The van der Waals surface area contributed by atoms with Crippen molar-refractivity contribution in [2.75, 3.05) is 10.2 Å². The zero-order chi connectivity index (χ0) is 25.5. The van der Waals surface area contributed by atoms with Crippen LogP contribution in [0.3, 0.4) is 0 Å². The lowest BCUT2D eigenvalue weighted by atomic mass is 9.76. The van der Waals surface area contributed by atoms with E-state index in [9.17, 15) is 23.9 Å². The van der Waals surface area contributed by atoms with Gasteiger partial charge in [-0.25, -0.2) is 9.29 Å². The van der Waals surface area contributed by atoms with Gasteiger partial charge in [0.25, 0.3) is 0 Å². The van der Waals surface area contributed by atoms with Gasteiger partial charge in [0, 0.05) is 34.4 Å². The Hall–Kier alpha value is -4.50. The number of carbonyl (C=O) groups excluding carboxylic acids is 3.